The zero-order chi connectivity index (χ0) is 22.8. The van der Waals surface area contributed by atoms with Gasteiger partial charge in [0.1, 0.15) is 24.6 Å². The molecule has 1 fully saturated rings. The van der Waals surface area contributed by atoms with Crippen molar-refractivity contribution in [2.24, 2.45) is 0 Å². The van der Waals surface area contributed by atoms with Crippen LogP contribution in [0.25, 0.3) is 11.1 Å². The van der Waals surface area contributed by atoms with E-state index in [1.165, 1.54) is 24.1 Å². The Labute approximate surface area is 189 Å². The van der Waals surface area contributed by atoms with E-state index in [0.29, 0.717) is 10.8 Å². The molecule has 0 spiro atoms. The van der Waals surface area contributed by atoms with Crippen LogP contribution in [-0.4, -0.2) is 44.8 Å². The van der Waals surface area contributed by atoms with E-state index >= 15 is 0 Å². The van der Waals surface area contributed by atoms with E-state index in [1.54, 1.807) is 6.20 Å². The zero-order valence-electron chi connectivity index (χ0n) is 17.8. The van der Waals surface area contributed by atoms with Gasteiger partial charge in [-0.2, -0.15) is 4.98 Å². The zero-order valence-corrected chi connectivity index (χ0v) is 18.5. The molecule has 1 aliphatic heterocycles. The first-order chi connectivity index (χ1) is 15.3. The molecule has 3 atom stereocenters. The smallest absolute Gasteiger partial charge is 0.416 e. The maximum absolute atomic E-state index is 13.9. The number of ether oxygens (including phenoxy) is 1. The van der Waals surface area contributed by atoms with Gasteiger partial charge in [0.25, 0.3) is 0 Å². The molecule has 1 amide bonds. The minimum absolute atomic E-state index is 0.0221. The molecule has 1 saturated heterocycles. The molecule has 0 bridgehead atoms. The molecule has 8 nitrogen and oxygen atoms in total. The van der Waals surface area contributed by atoms with Crippen molar-refractivity contribution >= 4 is 29.5 Å². The summed E-state index contributed by atoms with van der Waals surface area (Å²) in [5.74, 6) is 1.08. The van der Waals surface area contributed by atoms with E-state index in [2.05, 4.69) is 25.3 Å². The molecule has 0 aliphatic carbocycles. The van der Waals surface area contributed by atoms with Gasteiger partial charge < -0.3 is 10.1 Å². The predicted octanol–water partition coefficient (Wildman–Crippen LogP) is 4.75. The van der Waals surface area contributed by atoms with Gasteiger partial charge in [-0.15, -0.1) is 0 Å². The van der Waals surface area contributed by atoms with Crippen LogP contribution in [0.15, 0.2) is 42.7 Å². The fourth-order valence-electron chi connectivity index (χ4n) is 3.48. The topological polar surface area (TPSA) is 93.1 Å². The van der Waals surface area contributed by atoms with Crippen LogP contribution in [0.3, 0.4) is 0 Å². The Bertz CT molecular complexity index is 1140. The average molecular weight is 457 g/mol. The second-order valence-electron chi connectivity index (χ2n) is 7.53. The number of cyclic esters (lactones) is 1. The van der Waals surface area contributed by atoms with Crippen molar-refractivity contribution in [3.8, 4) is 11.1 Å². The number of nitrogens with one attached hydrogen (secondary N) is 1. The van der Waals surface area contributed by atoms with Crippen LogP contribution >= 0.6 is 11.6 Å². The number of aryl methyl sites for hydroxylation is 1. The lowest BCUT2D eigenvalue weighted by Gasteiger charge is -2.22. The second kappa shape index (κ2) is 9.04. The van der Waals surface area contributed by atoms with E-state index in [4.69, 9.17) is 16.3 Å². The summed E-state index contributed by atoms with van der Waals surface area (Å²) in [5, 5.41) is 3.78. The van der Waals surface area contributed by atoms with Crippen LogP contribution in [0, 0.1) is 6.92 Å². The molecule has 1 aliphatic rings. The Balaban J connectivity index is 1.53. The summed E-state index contributed by atoms with van der Waals surface area (Å²) in [5.41, 5.74) is 2.63. The fraction of sp³-hybridized carbons (Fsp3) is 0.318. The van der Waals surface area contributed by atoms with Gasteiger partial charge in [-0.3, -0.25) is 4.90 Å². The quantitative estimate of drug-likeness (QED) is 0.572. The van der Waals surface area contributed by atoms with Crippen molar-refractivity contribution in [1.29, 1.82) is 0 Å². The van der Waals surface area contributed by atoms with Crippen molar-refractivity contribution < 1.29 is 13.9 Å². The number of carbonyl (C=O) groups excluding carboxylic acids is 1. The second-order valence-corrected chi connectivity index (χ2v) is 7.97. The normalized spacial score (nSPS) is 17.7. The monoisotopic (exact) mass is 456 g/mol. The third-order valence-corrected chi connectivity index (χ3v) is 5.43. The van der Waals surface area contributed by atoms with Gasteiger partial charge in [-0.05, 0) is 44.5 Å². The van der Waals surface area contributed by atoms with E-state index in [0.717, 1.165) is 16.8 Å². The number of hydrogen-bond acceptors (Lipinski definition) is 7. The Morgan fingerprint density at radius 1 is 1.25 bits per heavy atom. The first-order valence-corrected chi connectivity index (χ1v) is 10.5. The number of benzene rings is 1. The standard InChI is InChI=1S/C22H22ClFN6O2/c1-12(24)18-11-32-22(31)30(18)19-7-8-25-21(29-19)28-14(3)20-26-10-17(13(2)27-20)15-5-4-6-16(23)9-15/h4-10,12,14,18H,11H2,1-3H3,(H,25,28,29)/t12-,14-,18?/m0/s1. The highest BCUT2D eigenvalue weighted by molar-refractivity contribution is 6.30. The average Bonchev–Trinajstić information content (AvgIpc) is 3.15. The molecule has 1 unspecified atom stereocenters. The molecular weight excluding hydrogens is 435 g/mol. The van der Waals surface area contributed by atoms with E-state index < -0.39 is 18.3 Å². The van der Waals surface area contributed by atoms with Crippen LogP contribution < -0.4 is 10.2 Å². The summed E-state index contributed by atoms with van der Waals surface area (Å²) in [6, 6.07) is 8.00. The minimum atomic E-state index is -1.26. The number of nitrogens with zero attached hydrogens (tertiary/aromatic N) is 5. The number of halogens is 2. The van der Waals surface area contributed by atoms with Gasteiger partial charge in [0.2, 0.25) is 5.95 Å². The molecule has 32 heavy (non-hydrogen) atoms. The van der Waals surface area contributed by atoms with Gasteiger partial charge in [-0.25, -0.2) is 24.1 Å². The minimum Gasteiger partial charge on any atom is -0.447 e. The SMILES string of the molecule is Cc1nc([C@H](C)Nc2nccc(N3C(=O)OCC3[C@H](C)F)n2)ncc1-c1cccc(Cl)c1. The number of amides is 1. The number of carbonyl (C=O) groups is 1. The first-order valence-electron chi connectivity index (χ1n) is 10.1. The summed E-state index contributed by atoms with van der Waals surface area (Å²) < 4.78 is 18.9. The lowest BCUT2D eigenvalue weighted by Crippen LogP contribution is -2.39. The summed E-state index contributed by atoms with van der Waals surface area (Å²) in [6.45, 7) is 5.14. The molecule has 1 N–H and O–H groups in total. The predicted molar refractivity (Wildman–Crippen MR) is 119 cm³/mol. The Morgan fingerprint density at radius 2 is 2.06 bits per heavy atom. The molecule has 3 aromatic rings. The molecule has 0 saturated carbocycles. The molecule has 166 valence electrons. The lowest BCUT2D eigenvalue weighted by molar-refractivity contribution is 0.174. The highest BCUT2D eigenvalue weighted by Crippen LogP contribution is 2.27. The molecule has 2 aromatic heterocycles. The van der Waals surface area contributed by atoms with Crippen molar-refractivity contribution in [1.82, 2.24) is 19.9 Å². The van der Waals surface area contributed by atoms with Crippen molar-refractivity contribution in [2.75, 3.05) is 16.8 Å². The maximum Gasteiger partial charge on any atom is 0.416 e. The number of rotatable bonds is 6. The van der Waals surface area contributed by atoms with Gasteiger partial charge in [0.15, 0.2) is 5.82 Å². The van der Waals surface area contributed by atoms with Crippen LogP contribution in [0.2, 0.25) is 5.02 Å². The van der Waals surface area contributed by atoms with Crippen molar-refractivity contribution in [3.05, 3.63) is 59.3 Å². The Hall–Kier alpha value is -3.33. The molecule has 3 heterocycles. The van der Waals surface area contributed by atoms with Gasteiger partial charge in [0.05, 0.1) is 6.04 Å². The highest BCUT2D eigenvalue weighted by atomic mass is 35.5. The van der Waals surface area contributed by atoms with Crippen LogP contribution in [0.1, 0.15) is 31.4 Å². The number of hydrogen-bond donors (Lipinski definition) is 1. The van der Waals surface area contributed by atoms with E-state index in [-0.39, 0.29) is 24.4 Å². The molecule has 4 rings (SSSR count). The van der Waals surface area contributed by atoms with E-state index in [9.17, 15) is 9.18 Å². The van der Waals surface area contributed by atoms with Gasteiger partial charge in [-0.1, -0.05) is 23.7 Å². The Kier molecular flexibility index (Phi) is 6.18. The van der Waals surface area contributed by atoms with Gasteiger partial charge >= 0.3 is 6.09 Å². The highest BCUT2D eigenvalue weighted by Gasteiger charge is 2.39. The van der Waals surface area contributed by atoms with Crippen LogP contribution in [-0.2, 0) is 4.74 Å². The molecule has 0 radical (unpaired) electrons. The summed E-state index contributed by atoms with van der Waals surface area (Å²) in [6.07, 6.45) is 1.36. The molecular formula is C22H22ClFN6O2. The maximum atomic E-state index is 13.9. The van der Waals surface area contributed by atoms with E-state index in [1.807, 2.05) is 38.1 Å². The third-order valence-electron chi connectivity index (χ3n) is 5.19. The van der Waals surface area contributed by atoms with Crippen LogP contribution in [0.4, 0.5) is 21.0 Å². The summed E-state index contributed by atoms with van der Waals surface area (Å²) in [4.78, 5) is 31.0. The molecule has 1 aromatic carbocycles. The molecule has 10 heteroatoms. The van der Waals surface area contributed by atoms with Crippen molar-refractivity contribution in [2.45, 2.75) is 39.0 Å². The number of alkyl halides is 1. The van der Waals surface area contributed by atoms with Crippen LogP contribution in [0.5, 0.6) is 0 Å². The number of aromatic nitrogens is 4. The Morgan fingerprint density at radius 3 is 2.78 bits per heavy atom. The summed E-state index contributed by atoms with van der Waals surface area (Å²) >= 11 is 6.10. The van der Waals surface area contributed by atoms with Gasteiger partial charge in [0, 0.05) is 28.7 Å². The third kappa shape index (κ3) is 4.47. The first kappa shape index (κ1) is 21.9. The lowest BCUT2D eigenvalue weighted by atomic mass is 10.1. The fourth-order valence-corrected chi connectivity index (χ4v) is 3.67. The summed E-state index contributed by atoms with van der Waals surface area (Å²) in [7, 11) is 0. The largest absolute Gasteiger partial charge is 0.447 e. The van der Waals surface area contributed by atoms with Crippen molar-refractivity contribution in [3.63, 3.8) is 0 Å². The number of anilines is 2.